The molecule has 1 aliphatic heterocycles. The van der Waals surface area contributed by atoms with Crippen molar-refractivity contribution in [1.82, 2.24) is 10.3 Å². The molecule has 4 nitrogen and oxygen atoms in total. The summed E-state index contributed by atoms with van der Waals surface area (Å²) in [6.45, 7) is 5.63. The number of nitrogens with one attached hydrogen (secondary N) is 1. The Morgan fingerprint density at radius 3 is 3.11 bits per heavy atom. The third-order valence-corrected chi connectivity index (χ3v) is 3.26. The third kappa shape index (κ3) is 5.17. The summed E-state index contributed by atoms with van der Waals surface area (Å²) >= 11 is 0. The van der Waals surface area contributed by atoms with E-state index >= 15 is 0 Å². The van der Waals surface area contributed by atoms with Gasteiger partial charge < -0.3 is 14.8 Å². The van der Waals surface area contributed by atoms with Crippen molar-refractivity contribution in [1.29, 1.82) is 0 Å². The van der Waals surface area contributed by atoms with E-state index in [-0.39, 0.29) is 0 Å². The lowest BCUT2D eigenvalue weighted by molar-refractivity contribution is 0.0903. The van der Waals surface area contributed by atoms with Gasteiger partial charge in [-0.05, 0) is 37.9 Å². The van der Waals surface area contributed by atoms with Gasteiger partial charge >= 0.3 is 0 Å². The van der Waals surface area contributed by atoms with Gasteiger partial charge in [0.25, 0.3) is 0 Å². The Labute approximate surface area is 115 Å². The molecule has 106 valence electrons. The molecule has 1 aromatic rings. The Morgan fingerprint density at radius 1 is 1.47 bits per heavy atom. The standard InChI is InChI=1S/C15H24N2O2/c1-2-8-16-11-13-5-6-15(12-17-13)19-10-7-14-4-3-9-18-14/h5-6,12,14,16H,2-4,7-11H2,1H3. The number of nitrogens with zero attached hydrogens (tertiary/aromatic N) is 1. The molecule has 0 radical (unpaired) electrons. The van der Waals surface area contributed by atoms with E-state index in [0.717, 1.165) is 44.0 Å². The first-order chi connectivity index (χ1) is 9.38. The average Bonchev–Trinajstić information content (AvgIpc) is 2.94. The maximum absolute atomic E-state index is 5.69. The molecule has 1 aromatic heterocycles. The fourth-order valence-corrected chi connectivity index (χ4v) is 2.17. The van der Waals surface area contributed by atoms with E-state index in [9.17, 15) is 0 Å². The zero-order chi connectivity index (χ0) is 13.3. The minimum Gasteiger partial charge on any atom is -0.492 e. The van der Waals surface area contributed by atoms with Crippen molar-refractivity contribution in [3.8, 4) is 5.75 Å². The summed E-state index contributed by atoms with van der Waals surface area (Å²) < 4.78 is 11.2. The number of hydrogen-bond donors (Lipinski definition) is 1. The van der Waals surface area contributed by atoms with E-state index in [4.69, 9.17) is 9.47 Å². The van der Waals surface area contributed by atoms with Gasteiger partial charge in [0.05, 0.1) is 24.6 Å². The fourth-order valence-electron chi connectivity index (χ4n) is 2.17. The molecule has 2 rings (SSSR count). The maximum Gasteiger partial charge on any atom is 0.137 e. The highest BCUT2D eigenvalue weighted by molar-refractivity contribution is 5.19. The molecular weight excluding hydrogens is 240 g/mol. The Balaban J connectivity index is 1.66. The Hall–Kier alpha value is -1.13. The smallest absolute Gasteiger partial charge is 0.137 e. The summed E-state index contributed by atoms with van der Waals surface area (Å²) in [5.41, 5.74) is 1.06. The predicted molar refractivity (Wildman–Crippen MR) is 75.3 cm³/mol. The van der Waals surface area contributed by atoms with Gasteiger partial charge in [-0.3, -0.25) is 4.98 Å². The van der Waals surface area contributed by atoms with Gasteiger partial charge in [0.1, 0.15) is 5.75 Å². The van der Waals surface area contributed by atoms with E-state index in [1.165, 1.54) is 12.8 Å². The molecule has 0 spiro atoms. The van der Waals surface area contributed by atoms with Crippen molar-refractivity contribution < 1.29 is 9.47 Å². The monoisotopic (exact) mass is 264 g/mol. The fraction of sp³-hybridized carbons (Fsp3) is 0.667. The van der Waals surface area contributed by atoms with Crippen LogP contribution in [0.25, 0.3) is 0 Å². The van der Waals surface area contributed by atoms with Gasteiger partial charge in [0, 0.05) is 19.6 Å². The van der Waals surface area contributed by atoms with Gasteiger partial charge in [0.15, 0.2) is 0 Å². The summed E-state index contributed by atoms with van der Waals surface area (Å²) in [4.78, 5) is 4.38. The Kier molecular flexibility index (Phi) is 6.11. The van der Waals surface area contributed by atoms with Crippen LogP contribution in [0.15, 0.2) is 18.3 Å². The van der Waals surface area contributed by atoms with E-state index in [2.05, 4.69) is 17.2 Å². The van der Waals surface area contributed by atoms with Gasteiger partial charge in [0.2, 0.25) is 0 Å². The minimum atomic E-state index is 0.394. The van der Waals surface area contributed by atoms with Crippen LogP contribution in [0, 0.1) is 0 Å². The number of aromatic nitrogens is 1. The van der Waals surface area contributed by atoms with Crippen molar-refractivity contribution in [2.75, 3.05) is 19.8 Å². The molecule has 1 N–H and O–H groups in total. The molecule has 1 atom stereocenters. The van der Waals surface area contributed by atoms with Crippen LogP contribution in [0.3, 0.4) is 0 Å². The summed E-state index contributed by atoms with van der Waals surface area (Å²) in [5.74, 6) is 0.845. The Bertz CT molecular complexity index is 348. The van der Waals surface area contributed by atoms with Crippen LogP contribution in [0.4, 0.5) is 0 Å². The summed E-state index contributed by atoms with van der Waals surface area (Å²) in [6, 6.07) is 4.01. The Morgan fingerprint density at radius 2 is 2.42 bits per heavy atom. The molecule has 2 heterocycles. The molecule has 1 unspecified atom stereocenters. The van der Waals surface area contributed by atoms with Gasteiger partial charge in [-0.1, -0.05) is 6.92 Å². The largest absolute Gasteiger partial charge is 0.492 e. The van der Waals surface area contributed by atoms with E-state index in [1.807, 2.05) is 12.1 Å². The lowest BCUT2D eigenvalue weighted by atomic mass is 10.2. The summed E-state index contributed by atoms with van der Waals surface area (Å²) in [6.07, 6.45) is 6.67. The van der Waals surface area contributed by atoms with Crippen LogP contribution in [0.5, 0.6) is 5.75 Å². The summed E-state index contributed by atoms with van der Waals surface area (Å²) in [7, 11) is 0. The average molecular weight is 264 g/mol. The third-order valence-electron chi connectivity index (χ3n) is 3.26. The second-order valence-electron chi connectivity index (χ2n) is 4.93. The highest BCUT2D eigenvalue weighted by Crippen LogP contribution is 2.16. The molecule has 0 amide bonds. The molecule has 1 fully saturated rings. The number of pyridine rings is 1. The minimum absolute atomic E-state index is 0.394. The van der Waals surface area contributed by atoms with E-state index in [1.54, 1.807) is 6.20 Å². The van der Waals surface area contributed by atoms with Crippen molar-refractivity contribution in [2.45, 2.75) is 45.3 Å². The number of ether oxygens (including phenoxy) is 2. The lowest BCUT2D eigenvalue weighted by Gasteiger charge is -2.10. The molecule has 0 aliphatic carbocycles. The number of hydrogen-bond acceptors (Lipinski definition) is 4. The molecule has 4 heteroatoms. The van der Waals surface area contributed by atoms with Crippen molar-refractivity contribution in [3.05, 3.63) is 24.0 Å². The zero-order valence-corrected chi connectivity index (χ0v) is 11.7. The van der Waals surface area contributed by atoms with Crippen LogP contribution >= 0.6 is 0 Å². The SMILES string of the molecule is CCCNCc1ccc(OCCC2CCCO2)cn1. The molecule has 0 aromatic carbocycles. The maximum atomic E-state index is 5.69. The van der Waals surface area contributed by atoms with Crippen LogP contribution in [-0.2, 0) is 11.3 Å². The molecule has 0 saturated carbocycles. The van der Waals surface area contributed by atoms with Crippen LogP contribution in [0.2, 0.25) is 0 Å². The molecular formula is C15H24N2O2. The first-order valence-corrected chi connectivity index (χ1v) is 7.28. The highest BCUT2D eigenvalue weighted by atomic mass is 16.5. The van der Waals surface area contributed by atoms with Gasteiger partial charge in [-0.25, -0.2) is 0 Å². The van der Waals surface area contributed by atoms with Crippen molar-refractivity contribution in [2.24, 2.45) is 0 Å². The normalized spacial score (nSPS) is 18.7. The van der Waals surface area contributed by atoms with Crippen molar-refractivity contribution in [3.63, 3.8) is 0 Å². The molecule has 1 aliphatic rings. The molecule has 19 heavy (non-hydrogen) atoms. The second kappa shape index (κ2) is 8.12. The van der Waals surface area contributed by atoms with Gasteiger partial charge in [-0.2, -0.15) is 0 Å². The topological polar surface area (TPSA) is 43.4 Å². The van der Waals surface area contributed by atoms with E-state index in [0.29, 0.717) is 12.7 Å². The molecule has 1 saturated heterocycles. The first kappa shape index (κ1) is 14.3. The molecule has 0 bridgehead atoms. The van der Waals surface area contributed by atoms with Gasteiger partial charge in [-0.15, -0.1) is 0 Å². The lowest BCUT2D eigenvalue weighted by Crippen LogP contribution is -2.14. The quantitative estimate of drug-likeness (QED) is 0.733. The second-order valence-corrected chi connectivity index (χ2v) is 4.93. The predicted octanol–water partition coefficient (Wildman–Crippen LogP) is 2.53. The highest BCUT2D eigenvalue weighted by Gasteiger charge is 2.14. The zero-order valence-electron chi connectivity index (χ0n) is 11.7. The van der Waals surface area contributed by atoms with Crippen LogP contribution in [0.1, 0.15) is 38.3 Å². The van der Waals surface area contributed by atoms with Crippen LogP contribution in [-0.4, -0.2) is 30.8 Å². The van der Waals surface area contributed by atoms with Crippen molar-refractivity contribution >= 4 is 0 Å². The first-order valence-electron chi connectivity index (χ1n) is 7.28. The van der Waals surface area contributed by atoms with E-state index < -0.39 is 0 Å². The number of rotatable bonds is 8. The van der Waals surface area contributed by atoms with Crippen LogP contribution < -0.4 is 10.1 Å². The summed E-state index contributed by atoms with van der Waals surface area (Å²) in [5, 5.41) is 3.33.